The van der Waals surface area contributed by atoms with Crippen LogP contribution in [0.5, 0.6) is 0 Å². The average Bonchev–Trinajstić information content (AvgIpc) is 2.67. The number of benzene rings is 1. The molecule has 0 N–H and O–H groups in total. The van der Waals surface area contributed by atoms with Crippen molar-refractivity contribution in [2.24, 2.45) is 0 Å². The second-order valence-electron chi connectivity index (χ2n) is 2.78. The van der Waals surface area contributed by atoms with Gasteiger partial charge in [0, 0.05) is 9.13 Å². The van der Waals surface area contributed by atoms with E-state index in [0.29, 0.717) is 11.8 Å². The zero-order valence-electron chi connectivity index (χ0n) is 7.21. The van der Waals surface area contributed by atoms with E-state index < -0.39 is 0 Å². The first-order valence-corrected chi connectivity index (χ1v) is 5.67. The Morgan fingerprint density at radius 3 is 2.57 bits per heavy atom. The van der Waals surface area contributed by atoms with Gasteiger partial charge in [-0.2, -0.15) is 0 Å². The molecule has 0 aliphatic rings. The predicted molar refractivity (Wildman–Crippen MR) is 64.2 cm³/mol. The van der Waals surface area contributed by atoms with Crippen molar-refractivity contribution in [3.63, 3.8) is 0 Å². The molecule has 0 radical (unpaired) electrons. The number of alkyl halides is 1. The van der Waals surface area contributed by atoms with Crippen LogP contribution in [-0.4, -0.2) is 4.98 Å². The molecule has 0 saturated heterocycles. The van der Waals surface area contributed by atoms with Gasteiger partial charge in [0.05, 0.1) is 11.6 Å². The lowest BCUT2D eigenvalue weighted by atomic mass is 10.2. The molecule has 4 heteroatoms. The number of halogens is 2. The molecule has 2 rings (SSSR count). The van der Waals surface area contributed by atoms with Crippen LogP contribution in [0.2, 0.25) is 0 Å². The monoisotopic (exact) mass is 319 g/mol. The van der Waals surface area contributed by atoms with Crippen LogP contribution < -0.4 is 0 Å². The van der Waals surface area contributed by atoms with Crippen LogP contribution in [0.25, 0.3) is 11.5 Å². The van der Waals surface area contributed by atoms with Gasteiger partial charge < -0.3 is 4.42 Å². The molecule has 0 fully saturated rings. The highest BCUT2D eigenvalue weighted by Gasteiger charge is 2.04. The van der Waals surface area contributed by atoms with Gasteiger partial charge in [0.15, 0.2) is 0 Å². The first kappa shape index (κ1) is 9.98. The highest BCUT2D eigenvalue weighted by Crippen LogP contribution is 2.20. The van der Waals surface area contributed by atoms with Gasteiger partial charge in [-0.1, -0.05) is 0 Å². The van der Waals surface area contributed by atoms with Crippen molar-refractivity contribution >= 4 is 34.2 Å². The Balaban J connectivity index is 2.34. The van der Waals surface area contributed by atoms with Gasteiger partial charge in [0.1, 0.15) is 6.26 Å². The molecule has 0 aliphatic heterocycles. The zero-order valence-corrected chi connectivity index (χ0v) is 10.1. The van der Waals surface area contributed by atoms with E-state index >= 15 is 0 Å². The van der Waals surface area contributed by atoms with Crippen molar-refractivity contribution in [1.82, 2.24) is 4.98 Å². The van der Waals surface area contributed by atoms with Crippen molar-refractivity contribution in [2.75, 3.05) is 0 Å². The fourth-order valence-corrected chi connectivity index (χ4v) is 1.58. The largest absolute Gasteiger partial charge is 0.444 e. The van der Waals surface area contributed by atoms with Gasteiger partial charge in [-0.3, -0.25) is 0 Å². The Hall–Kier alpha value is -0.550. The predicted octanol–water partition coefficient (Wildman–Crippen LogP) is 3.69. The summed E-state index contributed by atoms with van der Waals surface area (Å²) in [5.74, 6) is 1.01. The summed E-state index contributed by atoms with van der Waals surface area (Å²) in [5, 5.41) is 0. The fourth-order valence-electron chi connectivity index (χ4n) is 1.09. The van der Waals surface area contributed by atoms with Crippen molar-refractivity contribution in [2.45, 2.75) is 5.88 Å². The molecule has 2 aromatic rings. The summed E-state index contributed by atoms with van der Waals surface area (Å²) >= 11 is 7.89. The molecular formula is C10H7ClINO. The summed E-state index contributed by atoms with van der Waals surface area (Å²) in [6.45, 7) is 0. The maximum atomic E-state index is 5.63. The van der Waals surface area contributed by atoms with Crippen molar-refractivity contribution in [3.8, 4) is 11.5 Å². The van der Waals surface area contributed by atoms with Gasteiger partial charge in [-0.05, 0) is 46.9 Å². The first-order chi connectivity index (χ1) is 6.79. The standard InChI is InChI=1S/C10H7ClINO/c11-5-9-6-14-10(13-9)7-1-3-8(12)4-2-7/h1-4,6H,5H2. The van der Waals surface area contributed by atoms with E-state index in [1.807, 2.05) is 24.3 Å². The van der Waals surface area contributed by atoms with Crippen LogP contribution in [-0.2, 0) is 5.88 Å². The molecule has 0 aliphatic carbocycles. The van der Waals surface area contributed by atoms with Crippen LogP contribution in [0.15, 0.2) is 34.9 Å². The van der Waals surface area contributed by atoms with E-state index in [4.69, 9.17) is 16.0 Å². The molecule has 0 saturated carbocycles. The Morgan fingerprint density at radius 2 is 2.00 bits per heavy atom. The lowest BCUT2D eigenvalue weighted by Crippen LogP contribution is -1.80. The molecule has 0 atom stereocenters. The molecule has 1 heterocycles. The second-order valence-corrected chi connectivity index (χ2v) is 4.30. The van der Waals surface area contributed by atoms with Crippen molar-refractivity contribution < 1.29 is 4.42 Å². The number of aromatic nitrogens is 1. The van der Waals surface area contributed by atoms with Gasteiger partial charge in [-0.25, -0.2) is 4.98 Å². The molecule has 0 amide bonds. The molecule has 0 unspecified atom stereocenters. The molecular weight excluding hydrogens is 312 g/mol. The third kappa shape index (κ3) is 2.09. The van der Waals surface area contributed by atoms with Gasteiger partial charge in [0.25, 0.3) is 0 Å². The maximum Gasteiger partial charge on any atom is 0.226 e. The quantitative estimate of drug-likeness (QED) is 0.623. The summed E-state index contributed by atoms with van der Waals surface area (Å²) in [4.78, 5) is 4.23. The number of hydrogen-bond donors (Lipinski definition) is 0. The molecule has 1 aromatic heterocycles. The van der Waals surface area contributed by atoms with Gasteiger partial charge in [-0.15, -0.1) is 11.6 Å². The van der Waals surface area contributed by atoms with Crippen molar-refractivity contribution in [3.05, 3.63) is 39.8 Å². The van der Waals surface area contributed by atoms with E-state index in [9.17, 15) is 0 Å². The summed E-state index contributed by atoms with van der Waals surface area (Å²) in [6.07, 6.45) is 1.58. The minimum absolute atomic E-state index is 0.383. The molecule has 0 spiro atoms. The van der Waals surface area contributed by atoms with Gasteiger partial charge >= 0.3 is 0 Å². The molecule has 1 aromatic carbocycles. The van der Waals surface area contributed by atoms with E-state index in [1.165, 1.54) is 3.57 Å². The normalized spacial score (nSPS) is 10.4. The number of nitrogens with zero attached hydrogens (tertiary/aromatic N) is 1. The van der Waals surface area contributed by atoms with Crippen LogP contribution in [0.1, 0.15) is 5.69 Å². The Morgan fingerprint density at radius 1 is 1.29 bits per heavy atom. The third-order valence-electron chi connectivity index (χ3n) is 1.78. The smallest absolute Gasteiger partial charge is 0.226 e. The lowest BCUT2D eigenvalue weighted by Gasteiger charge is -1.94. The van der Waals surface area contributed by atoms with E-state index in [-0.39, 0.29) is 0 Å². The topological polar surface area (TPSA) is 26.0 Å². The Kier molecular flexibility index (Phi) is 3.08. The average molecular weight is 320 g/mol. The number of oxazole rings is 1. The minimum Gasteiger partial charge on any atom is -0.444 e. The fraction of sp³-hybridized carbons (Fsp3) is 0.100. The second kappa shape index (κ2) is 4.31. The first-order valence-electron chi connectivity index (χ1n) is 4.06. The summed E-state index contributed by atoms with van der Waals surface area (Å²) in [7, 11) is 0. The molecule has 14 heavy (non-hydrogen) atoms. The van der Waals surface area contributed by atoms with E-state index in [2.05, 4.69) is 27.6 Å². The number of rotatable bonds is 2. The van der Waals surface area contributed by atoms with Crippen LogP contribution in [0.3, 0.4) is 0 Å². The third-order valence-corrected chi connectivity index (χ3v) is 2.77. The minimum atomic E-state index is 0.383. The summed E-state index contributed by atoms with van der Waals surface area (Å²) in [6, 6.07) is 7.98. The maximum absolute atomic E-state index is 5.63. The highest BCUT2D eigenvalue weighted by molar-refractivity contribution is 14.1. The summed E-state index contributed by atoms with van der Waals surface area (Å²) < 4.78 is 6.47. The lowest BCUT2D eigenvalue weighted by molar-refractivity contribution is 0.573. The van der Waals surface area contributed by atoms with Gasteiger partial charge in [0.2, 0.25) is 5.89 Å². The molecule has 0 bridgehead atoms. The number of hydrogen-bond acceptors (Lipinski definition) is 2. The van der Waals surface area contributed by atoms with E-state index in [0.717, 1.165) is 11.3 Å². The highest BCUT2D eigenvalue weighted by atomic mass is 127. The van der Waals surface area contributed by atoms with Crippen LogP contribution in [0, 0.1) is 3.57 Å². The Labute approximate surface area is 100 Å². The molecule has 2 nitrogen and oxygen atoms in total. The Bertz CT molecular complexity index is 424. The van der Waals surface area contributed by atoms with Crippen LogP contribution >= 0.6 is 34.2 Å². The SMILES string of the molecule is ClCc1coc(-c2ccc(I)cc2)n1. The summed E-state index contributed by atoms with van der Waals surface area (Å²) in [5.41, 5.74) is 1.74. The zero-order chi connectivity index (χ0) is 9.97. The molecule has 72 valence electrons. The van der Waals surface area contributed by atoms with Crippen molar-refractivity contribution in [1.29, 1.82) is 0 Å². The van der Waals surface area contributed by atoms with Crippen LogP contribution in [0.4, 0.5) is 0 Å². The van der Waals surface area contributed by atoms with E-state index in [1.54, 1.807) is 6.26 Å².